The van der Waals surface area contributed by atoms with Gasteiger partial charge in [-0.25, -0.2) is 0 Å². The van der Waals surface area contributed by atoms with Gasteiger partial charge in [0.15, 0.2) is 5.78 Å². The first-order valence-electron chi connectivity index (χ1n) is 10.1. The largest absolute Gasteiger partial charge is 0.369 e. The third-order valence-corrected chi connectivity index (χ3v) is 5.82. The second-order valence-corrected chi connectivity index (χ2v) is 7.46. The number of ketones is 1. The Bertz CT molecular complexity index is 903. The molecule has 0 saturated carbocycles. The lowest BCUT2D eigenvalue weighted by Crippen LogP contribution is -2.52. The minimum absolute atomic E-state index is 0.0202. The highest BCUT2D eigenvalue weighted by atomic mass is 16.2. The minimum Gasteiger partial charge on any atom is -0.369 e. The first kappa shape index (κ1) is 19.3. The van der Waals surface area contributed by atoms with Crippen molar-refractivity contribution in [2.45, 2.75) is 19.4 Å². The monoisotopic (exact) mass is 391 g/mol. The van der Waals surface area contributed by atoms with Gasteiger partial charge in [-0.15, -0.1) is 0 Å². The van der Waals surface area contributed by atoms with Crippen molar-refractivity contribution in [2.75, 3.05) is 37.6 Å². The van der Waals surface area contributed by atoms with Crippen LogP contribution in [0.15, 0.2) is 54.6 Å². The molecule has 6 heteroatoms. The minimum atomic E-state index is -0.310. The molecule has 2 saturated heterocycles. The van der Waals surface area contributed by atoms with Gasteiger partial charge < -0.3 is 4.90 Å². The van der Waals surface area contributed by atoms with Crippen LogP contribution in [0, 0.1) is 0 Å². The van der Waals surface area contributed by atoms with Gasteiger partial charge in [-0.3, -0.25) is 24.2 Å². The van der Waals surface area contributed by atoms with E-state index in [0.29, 0.717) is 24.1 Å². The molecule has 0 N–H and O–H groups in total. The van der Waals surface area contributed by atoms with E-state index in [1.54, 1.807) is 0 Å². The molecular formula is C23H25N3O3. The number of likely N-dealkylation sites (N-methyl/N-ethyl adjacent to an activating group) is 1. The van der Waals surface area contributed by atoms with Crippen molar-refractivity contribution in [3.8, 4) is 0 Å². The lowest BCUT2D eigenvalue weighted by atomic mass is 10.0. The van der Waals surface area contributed by atoms with E-state index in [1.165, 1.54) is 4.90 Å². The number of carbonyl (C=O) groups is 3. The maximum atomic E-state index is 12.5. The van der Waals surface area contributed by atoms with Gasteiger partial charge in [-0.1, -0.05) is 30.3 Å². The first-order chi connectivity index (χ1) is 14.1. The number of carbonyl (C=O) groups excluding carboxylic acids is 3. The van der Waals surface area contributed by atoms with Crippen LogP contribution >= 0.6 is 0 Å². The zero-order valence-electron chi connectivity index (χ0n) is 16.6. The van der Waals surface area contributed by atoms with Crippen molar-refractivity contribution in [1.29, 1.82) is 0 Å². The summed E-state index contributed by atoms with van der Waals surface area (Å²) < 4.78 is 0. The number of hydrogen-bond donors (Lipinski definition) is 0. The molecule has 4 rings (SSSR count). The molecule has 6 nitrogen and oxygen atoms in total. The predicted octanol–water partition coefficient (Wildman–Crippen LogP) is 2.19. The topological polar surface area (TPSA) is 60.9 Å². The Kier molecular flexibility index (Phi) is 5.45. The van der Waals surface area contributed by atoms with Crippen molar-refractivity contribution in [1.82, 2.24) is 9.80 Å². The Hall–Kier alpha value is -2.99. The molecule has 150 valence electrons. The lowest BCUT2D eigenvalue weighted by Gasteiger charge is -2.38. The molecule has 2 aromatic carbocycles. The number of imide groups is 1. The van der Waals surface area contributed by atoms with E-state index < -0.39 is 0 Å². The van der Waals surface area contributed by atoms with Crippen LogP contribution in [-0.4, -0.2) is 66.2 Å². The second-order valence-electron chi connectivity index (χ2n) is 7.46. The van der Waals surface area contributed by atoms with Crippen molar-refractivity contribution >= 4 is 23.3 Å². The van der Waals surface area contributed by atoms with E-state index in [1.807, 2.05) is 61.5 Å². The van der Waals surface area contributed by atoms with Crippen LogP contribution in [0.5, 0.6) is 0 Å². The van der Waals surface area contributed by atoms with Gasteiger partial charge in [0.25, 0.3) is 0 Å². The predicted molar refractivity (Wildman–Crippen MR) is 111 cm³/mol. The van der Waals surface area contributed by atoms with Crippen LogP contribution in [0.1, 0.15) is 29.3 Å². The Balaban J connectivity index is 1.37. The van der Waals surface area contributed by atoms with Crippen molar-refractivity contribution in [3.05, 3.63) is 65.7 Å². The van der Waals surface area contributed by atoms with Crippen LogP contribution < -0.4 is 4.90 Å². The van der Waals surface area contributed by atoms with Gasteiger partial charge in [0.1, 0.15) is 0 Å². The summed E-state index contributed by atoms with van der Waals surface area (Å²) in [5.41, 5.74) is 2.43. The summed E-state index contributed by atoms with van der Waals surface area (Å²) in [6.45, 7) is 5.34. The zero-order chi connectivity index (χ0) is 20.4. The van der Waals surface area contributed by atoms with Gasteiger partial charge in [-0.2, -0.15) is 0 Å². The molecule has 2 heterocycles. The van der Waals surface area contributed by atoms with Crippen LogP contribution in [-0.2, 0) is 9.59 Å². The molecule has 0 aliphatic carbocycles. The maximum Gasteiger partial charge on any atom is 0.247 e. The van der Waals surface area contributed by atoms with Gasteiger partial charge in [0.2, 0.25) is 11.8 Å². The molecule has 0 aromatic heterocycles. The molecule has 2 aliphatic heterocycles. The number of piperazine rings is 1. The fraction of sp³-hybridized carbons (Fsp3) is 0.348. The quantitative estimate of drug-likeness (QED) is 0.578. The maximum absolute atomic E-state index is 12.5. The number of anilines is 1. The lowest BCUT2D eigenvalue weighted by molar-refractivity contribution is -0.139. The molecule has 2 aromatic rings. The average Bonchev–Trinajstić information content (AvgIpc) is 3.07. The molecule has 2 aliphatic rings. The Morgan fingerprint density at radius 2 is 1.52 bits per heavy atom. The smallest absolute Gasteiger partial charge is 0.247 e. The molecule has 2 amide bonds. The standard InChI is InChI=1S/C23H25N3O3/c1-2-26-21(27)16-20(23(26)29)25-14-12-24(13-15-25)19-10-8-18(9-11-19)22(28)17-6-4-3-5-7-17/h3-11,20H,2,12-16H2,1H3/t20-/m1/s1. The molecule has 0 spiro atoms. The molecule has 0 bridgehead atoms. The molecule has 1 atom stereocenters. The SMILES string of the molecule is CCN1C(=O)C[C@@H](N2CCN(c3ccc(C(=O)c4ccccc4)cc3)CC2)C1=O. The normalized spacial score (nSPS) is 20.4. The molecule has 0 radical (unpaired) electrons. The Labute approximate surface area is 170 Å². The Morgan fingerprint density at radius 3 is 2.10 bits per heavy atom. The van der Waals surface area contributed by atoms with E-state index >= 15 is 0 Å². The average molecular weight is 391 g/mol. The van der Waals surface area contributed by atoms with E-state index in [4.69, 9.17) is 0 Å². The highest BCUT2D eigenvalue weighted by Gasteiger charge is 2.41. The van der Waals surface area contributed by atoms with Crippen molar-refractivity contribution in [3.63, 3.8) is 0 Å². The second kappa shape index (κ2) is 8.17. The highest BCUT2D eigenvalue weighted by Crippen LogP contribution is 2.23. The Morgan fingerprint density at radius 1 is 0.897 bits per heavy atom. The summed E-state index contributed by atoms with van der Waals surface area (Å²) in [6.07, 6.45) is 0.295. The van der Waals surface area contributed by atoms with Gasteiger partial charge >= 0.3 is 0 Å². The number of nitrogens with zero attached hydrogens (tertiary/aromatic N) is 3. The molecule has 0 unspecified atom stereocenters. The highest BCUT2D eigenvalue weighted by molar-refractivity contribution is 6.09. The number of rotatable bonds is 5. The molecule has 29 heavy (non-hydrogen) atoms. The van der Waals surface area contributed by atoms with Gasteiger partial charge in [0.05, 0.1) is 12.5 Å². The van der Waals surface area contributed by atoms with E-state index in [2.05, 4.69) is 9.80 Å². The fourth-order valence-corrected chi connectivity index (χ4v) is 4.15. The summed E-state index contributed by atoms with van der Waals surface area (Å²) in [4.78, 5) is 42.7. The summed E-state index contributed by atoms with van der Waals surface area (Å²) in [5.74, 6) is -0.106. The van der Waals surface area contributed by atoms with Crippen LogP contribution in [0.25, 0.3) is 0 Å². The van der Waals surface area contributed by atoms with E-state index in [0.717, 1.165) is 31.9 Å². The zero-order valence-corrected chi connectivity index (χ0v) is 16.6. The number of benzene rings is 2. The first-order valence-corrected chi connectivity index (χ1v) is 10.1. The summed E-state index contributed by atoms with van der Waals surface area (Å²) in [5, 5.41) is 0. The molecular weight excluding hydrogens is 366 g/mol. The third-order valence-electron chi connectivity index (χ3n) is 5.82. The summed E-state index contributed by atoms with van der Waals surface area (Å²) in [6, 6.07) is 16.7. The third kappa shape index (κ3) is 3.80. The summed E-state index contributed by atoms with van der Waals surface area (Å²) in [7, 11) is 0. The van der Waals surface area contributed by atoms with E-state index in [-0.39, 0.29) is 23.6 Å². The number of likely N-dealkylation sites (tertiary alicyclic amines) is 1. The number of amides is 2. The fourth-order valence-electron chi connectivity index (χ4n) is 4.15. The van der Waals surface area contributed by atoms with E-state index in [9.17, 15) is 14.4 Å². The summed E-state index contributed by atoms with van der Waals surface area (Å²) >= 11 is 0. The molecule has 2 fully saturated rings. The van der Waals surface area contributed by atoms with Gasteiger partial charge in [0, 0.05) is 49.5 Å². The number of hydrogen-bond acceptors (Lipinski definition) is 5. The van der Waals surface area contributed by atoms with Gasteiger partial charge in [-0.05, 0) is 31.2 Å². The van der Waals surface area contributed by atoms with Crippen LogP contribution in [0.2, 0.25) is 0 Å². The van der Waals surface area contributed by atoms with Crippen LogP contribution in [0.3, 0.4) is 0 Å². The van der Waals surface area contributed by atoms with Crippen molar-refractivity contribution < 1.29 is 14.4 Å². The van der Waals surface area contributed by atoms with Crippen molar-refractivity contribution in [2.24, 2.45) is 0 Å². The van der Waals surface area contributed by atoms with Crippen LogP contribution in [0.4, 0.5) is 5.69 Å².